The smallest absolute Gasteiger partial charge is 0.336 e. The Hall–Kier alpha value is -6.37. The molecule has 0 saturated heterocycles. The number of carbonyl (C=O) groups is 3. The zero-order chi connectivity index (χ0) is 44.5. The van der Waals surface area contributed by atoms with Gasteiger partial charge in [0.15, 0.2) is 17.4 Å². The molecule has 324 valence electrons. The maximum absolute atomic E-state index is 16.6. The van der Waals surface area contributed by atoms with Gasteiger partial charge in [0.25, 0.3) is 0 Å². The van der Waals surface area contributed by atoms with Crippen molar-refractivity contribution in [1.82, 2.24) is 20.6 Å². The number of ether oxygens (including phenoxy) is 2. The number of rotatable bonds is 19. The van der Waals surface area contributed by atoms with Gasteiger partial charge in [0.1, 0.15) is 23.0 Å². The number of hydrogen-bond donors (Lipinski definition) is 4. The summed E-state index contributed by atoms with van der Waals surface area (Å²) in [6, 6.07) is 10.7. The number of aromatic nitrogens is 2. The SMILES string of the molecule is Cc1ccnc(-c2cc(CCCC(=O)NCCOCCOCCNC(=O)CSc3c(F)c(C)c(C(=O)O)c(-c4c5cc(F)c(=O)cc-5oc5cc(O)c(F)cc45)c3F)ccn2)c1. The van der Waals surface area contributed by atoms with Crippen LogP contribution in [0.2, 0.25) is 0 Å². The first-order chi connectivity index (χ1) is 29.7. The third-order valence-corrected chi connectivity index (χ3v) is 10.7. The van der Waals surface area contributed by atoms with Gasteiger partial charge < -0.3 is 34.7 Å². The van der Waals surface area contributed by atoms with Gasteiger partial charge in [-0.15, -0.1) is 11.8 Å². The van der Waals surface area contributed by atoms with Gasteiger partial charge in [0.05, 0.1) is 54.0 Å². The lowest BCUT2D eigenvalue weighted by molar-refractivity contribution is -0.121. The van der Waals surface area contributed by atoms with E-state index < -0.39 is 79.2 Å². The van der Waals surface area contributed by atoms with Gasteiger partial charge in [0.2, 0.25) is 17.2 Å². The van der Waals surface area contributed by atoms with Gasteiger partial charge in [-0.2, -0.15) is 0 Å². The van der Waals surface area contributed by atoms with Crippen molar-refractivity contribution in [2.24, 2.45) is 0 Å². The van der Waals surface area contributed by atoms with Crippen LogP contribution in [0.25, 0.3) is 44.8 Å². The van der Waals surface area contributed by atoms with Crippen LogP contribution in [0.3, 0.4) is 0 Å². The Morgan fingerprint density at radius 3 is 2.18 bits per heavy atom. The summed E-state index contributed by atoms with van der Waals surface area (Å²) in [5.41, 5.74) is -0.718. The number of aromatic carboxylic acids is 1. The van der Waals surface area contributed by atoms with Gasteiger partial charge in [-0.1, -0.05) is 0 Å². The molecule has 1 aliphatic carbocycles. The molecular weight excluding hydrogens is 837 g/mol. The lowest BCUT2D eigenvalue weighted by Crippen LogP contribution is -2.29. The van der Waals surface area contributed by atoms with Crippen LogP contribution in [0.1, 0.15) is 39.9 Å². The highest BCUT2D eigenvalue weighted by Crippen LogP contribution is 2.47. The van der Waals surface area contributed by atoms with Crippen molar-refractivity contribution in [2.75, 3.05) is 45.3 Å². The highest BCUT2D eigenvalue weighted by molar-refractivity contribution is 8.00. The first-order valence-electron chi connectivity index (χ1n) is 19.3. The summed E-state index contributed by atoms with van der Waals surface area (Å²) >= 11 is 0.420. The van der Waals surface area contributed by atoms with Crippen LogP contribution in [0.4, 0.5) is 17.6 Å². The predicted octanol–water partition coefficient (Wildman–Crippen LogP) is 6.98. The maximum Gasteiger partial charge on any atom is 0.336 e. The number of hydrogen-bond acceptors (Lipinski definition) is 11. The van der Waals surface area contributed by atoms with E-state index >= 15 is 8.78 Å². The molecule has 4 N–H and O–H groups in total. The molecule has 6 rings (SSSR count). The molecule has 0 bridgehead atoms. The van der Waals surface area contributed by atoms with Gasteiger partial charge in [-0.3, -0.25) is 24.4 Å². The molecule has 2 amide bonds. The lowest BCUT2D eigenvalue weighted by atomic mass is 9.88. The monoisotopic (exact) mass is 876 g/mol. The van der Waals surface area contributed by atoms with E-state index in [1.165, 1.54) is 0 Å². The number of carbonyl (C=O) groups excluding carboxylic acids is 2. The molecule has 0 saturated carbocycles. The fraction of sp³-hybridized carbons (Fsp3) is 0.273. The Morgan fingerprint density at radius 2 is 1.48 bits per heavy atom. The van der Waals surface area contributed by atoms with E-state index in [0.717, 1.165) is 41.6 Å². The third kappa shape index (κ3) is 10.7. The molecule has 1 aliphatic heterocycles. The normalized spacial score (nSPS) is 11.3. The summed E-state index contributed by atoms with van der Waals surface area (Å²) in [5.74, 6) is -9.55. The molecule has 0 unspecified atom stereocenters. The maximum atomic E-state index is 16.6. The summed E-state index contributed by atoms with van der Waals surface area (Å²) in [6.07, 6.45) is 5.18. The molecule has 2 aliphatic rings. The third-order valence-electron chi connectivity index (χ3n) is 9.61. The number of carboxylic acid groups (broad SMARTS) is 1. The number of amides is 2. The number of aromatic hydroxyl groups is 1. The van der Waals surface area contributed by atoms with Gasteiger partial charge >= 0.3 is 5.97 Å². The number of phenols is 1. The van der Waals surface area contributed by atoms with Gasteiger partial charge in [-0.25, -0.2) is 22.4 Å². The molecule has 0 spiro atoms. The summed E-state index contributed by atoms with van der Waals surface area (Å²) < 4.78 is 78.1. The van der Waals surface area contributed by atoms with E-state index in [2.05, 4.69) is 20.6 Å². The van der Waals surface area contributed by atoms with Crippen LogP contribution in [0, 0.1) is 37.1 Å². The second-order valence-electron chi connectivity index (χ2n) is 14.0. The minimum Gasteiger partial charge on any atom is -0.505 e. The number of halogens is 4. The average Bonchev–Trinajstić information content (AvgIpc) is 3.23. The molecule has 0 fully saturated rings. The van der Waals surface area contributed by atoms with Crippen molar-refractivity contribution >= 4 is 40.5 Å². The summed E-state index contributed by atoms with van der Waals surface area (Å²) in [6.45, 7) is 4.12. The summed E-state index contributed by atoms with van der Waals surface area (Å²) in [5, 5.41) is 25.2. The minimum atomic E-state index is -1.78. The minimum absolute atomic E-state index is 0.0312. The molecule has 4 aromatic rings. The number of benzene rings is 3. The molecule has 2 aromatic heterocycles. The standard InChI is InChI=1S/C44H40F4N4O9S/c1-23-6-8-49-30(16-23)31-17-25(7-9-50-31)4-3-5-36(55)51-10-12-59-14-15-60-13-11-52-37(56)22-62-43-41(47)24(2)38(44(57)58)40(42(43)48)39-26-18-28(45)32(53)20-34(26)61-35-21-33(54)29(46)19-27(35)39/h6-9,16-21,53H,3-5,10-15,22H2,1-2H3,(H,51,55)(H,52,56)(H,57,58). The quantitative estimate of drug-likeness (QED) is 0.0283. The molecular formula is C44H40F4N4O9S. The van der Waals surface area contributed by atoms with Crippen LogP contribution < -0.4 is 16.1 Å². The Morgan fingerprint density at radius 1 is 0.806 bits per heavy atom. The van der Waals surface area contributed by atoms with E-state index in [1.807, 2.05) is 31.2 Å². The first-order valence-corrected chi connectivity index (χ1v) is 20.3. The number of phenolic OH excluding ortho intramolecular Hbond substituents is 1. The number of nitrogens with one attached hydrogen (secondary N) is 2. The number of carboxylic acids is 1. The Balaban J connectivity index is 0.954. The molecule has 18 heteroatoms. The molecule has 0 radical (unpaired) electrons. The molecule has 2 aromatic carbocycles. The van der Waals surface area contributed by atoms with E-state index in [-0.39, 0.29) is 61.2 Å². The van der Waals surface area contributed by atoms with E-state index in [0.29, 0.717) is 49.7 Å². The van der Waals surface area contributed by atoms with Crippen molar-refractivity contribution in [1.29, 1.82) is 0 Å². The van der Waals surface area contributed by atoms with Crippen LogP contribution in [0.5, 0.6) is 5.75 Å². The second kappa shape index (κ2) is 20.5. The van der Waals surface area contributed by atoms with Crippen molar-refractivity contribution in [3.63, 3.8) is 0 Å². The number of nitrogens with zero attached hydrogens (tertiary/aromatic N) is 2. The van der Waals surface area contributed by atoms with Crippen LogP contribution in [0.15, 0.2) is 75.0 Å². The fourth-order valence-electron chi connectivity index (χ4n) is 6.61. The number of thioether (sulfide) groups is 1. The fourth-order valence-corrected chi connectivity index (χ4v) is 7.50. The van der Waals surface area contributed by atoms with E-state index in [4.69, 9.17) is 13.9 Å². The Bertz CT molecular complexity index is 2680. The second-order valence-corrected chi connectivity index (χ2v) is 15.0. The zero-order valence-corrected chi connectivity index (χ0v) is 34.2. The highest BCUT2D eigenvalue weighted by Gasteiger charge is 2.32. The predicted molar refractivity (Wildman–Crippen MR) is 221 cm³/mol. The number of fused-ring (bicyclic) bond motifs is 2. The molecule has 0 atom stereocenters. The average molecular weight is 877 g/mol. The van der Waals surface area contributed by atoms with Crippen molar-refractivity contribution < 1.29 is 56.0 Å². The van der Waals surface area contributed by atoms with Gasteiger partial charge in [-0.05, 0) is 74.2 Å². The molecule has 13 nitrogen and oxygen atoms in total. The first kappa shape index (κ1) is 45.2. The molecule has 62 heavy (non-hydrogen) atoms. The molecule has 3 heterocycles. The van der Waals surface area contributed by atoms with E-state index in [1.54, 1.807) is 12.4 Å². The zero-order valence-electron chi connectivity index (χ0n) is 33.4. The Kier molecular flexibility index (Phi) is 14.9. The summed E-state index contributed by atoms with van der Waals surface area (Å²) in [7, 11) is 0. The van der Waals surface area contributed by atoms with Crippen molar-refractivity contribution in [3.8, 4) is 39.6 Å². The van der Waals surface area contributed by atoms with Crippen molar-refractivity contribution in [3.05, 3.63) is 117 Å². The summed E-state index contributed by atoms with van der Waals surface area (Å²) in [4.78, 5) is 57.6. The van der Waals surface area contributed by atoms with Crippen molar-refractivity contribution in [2.45, 2.75) is 38.0 Å². The largest absolute Gasteiger partial charge is 0.505 e. The van der Waals surface area contributed by atoms with Crippen LogP contribution >= 0.6 is 11.8 Å². The highest BCUT2D eigenvalue weighted by atomic mass is 32.2. The van der Waals surface area contributed by atoms with Crippen LogP contribution in [-0.4, -0.2) is 83.2 Å². The van der Waals surface area contributed by atoms with Crippen LogP contribution in [-0.2, 0) is 25.5 Å². The van der Waals surface area contributed by atoms with Gasteiger partial charge in [0, 0.05) is 71.7 Å². The topological polar surface area (TPSA) is 190 Å². The lowest BCUT2D eigenvalue weighted by Gasteiger charge is -2.20. The number of pyridine rings is 2. The Labute approximate surface area is 355 Å². The van der Waals surface area contributed by atoms with E-state index in [9.17, 15) is 38.2 Å². The number of aryl methyl sites for hydroxylation is 2.